The van der Waals surface area contributed by atoms with Crippen molar-refractivity contribution in [3.05, 3.63) is 47.5 Å². The number of aromatic nitrogens is 2. The van der Waals surface area contributed by atoms with Crippen LogP contribution < -0.4 is 15.4 Å². The molecule has 0 amide bonds. The van der Waals surface area contributed by atoms with Crippen molar-refractivity contribution in [1.29, 1.82) is 0 Å². The molecule has 3 atom stereocenters. The molecule has 2 saturated heterocycles. The quantitative estimate of drug-likeness (QED) is 0.506. The lowest BCUT2D eigenvalue weighted by Crippen LogP contribution is -2.45. The molecular weight excluding hydrogens is 531 g/mol. The topological polar surface area (TPSA) is 102 Å². The highest BCUT2D eigenvalue weighted by Crippen LogP contribution is 2.33. The number of piperidine rings is 1. The Kier molecular flexibility index (Phi) is 8.34. The van der Waals surface area contributed by atoms with Gasteiger partial charge in [0.2, 0.25) is 16.0 Å². The fourth-order valence-corrected chi connectivity index (χ4v) is 8.23. The molecular formula is C27H36F3N5O3S. The van der Waals surface area contributed by atoms with Gasteiger partial charge >= 0.3 is 0 Å². The normalized spacial score (nSPS) is 24.7. The molecule has 2 N–H and O–H groups in total. The van der Waals surface area contributed by atoms with E-state index in [2.05, 4.69) is 9.97 Å². The molecule has 0 unspecified atom stereocenters. The van der Waals surface area contributed by atoms with Crippen molar-refractivity contribution in [3.8, 4) is 5.75 Å². The van der Waals surface area contributed by atoms with Crippen LogP contribution >= 0.6 is 0 Å². The van der Waals surface area contributed by atoms with Gasteiger partial charge in [0, 0.05) is 44.2 Å². The zero-order valence-electron chi connectivity index (χ0n) is 22.1. The number of anilines is 1. The highest BCUT2D eigenvalue weighted by atomic mass is 32.2. The number of halogens is 3. The summed E-state index contributed by atoms with van der Waals surface area (Å²) in [4.78, 5) is 10.6. The second kappa shape index (κ2) is 11.6. The summed E-state index contributed by atoms with van der Waals surface area (Å²) in [5.74, 6) is -2.61. The summed E-state index contributed by atoms with van der Waals surface area (Å²) in [5, 5.41) is -0.233. The van der Waals surface area contributed by atoms with Crippen LogP contribution in [0.25, 0.3) is 0 Å². The molecule has 214 valence electrons. The lowest BCUT2D eigenvalue weighted by atomic mass is 9.93. The monoisotopic (exact) mass is 567 g/mol. The number of hydrogen-bond acceptors (Lipinski definition) is 7. The van der Waals surface area contributed by atoms with Gasteiger partial charge in [-0.1, -0.05) is 19.3 Å². The minimum atomic E-state index is -3.24. The van der Waals surface area contributed by atoms with Crippen LogP contribution in [0.4, 0.5) is 19.1 Å². The van der Waals surface area contributed by atoms with Crippen LogP contribution in [0.3, 0.4) is 0 Å². The third kappa shape index (κ3) is 6.02. The third-order valence-corrected chi connectivity index (χ3v) is 10.9. The van der Waals surface area contributed by atoms with Crippen LogP contribution in [0.15, 0.2) is 24.5 Å². The van der Waals surface area contributed by atoms with Gasteiger partial charge < -0.3 is 15.4 Å². The summed E-state index contributed by atoms with van der Waals surface area (Å²) >= 11 is 0. The van der Waals surface area contributed by atoms with E-state index in [-0.39, 0.29) is 29.4 Å². The van der Waals surface area contributed by atoms with E-state index in [1.165, 1.54) is 0 Å². The Morgan fingerprint density at radius 1 is 0.949 bits per heavy atom. The molecule has 0 radical (unpaired) electrons. The predicted molar refractivity (Wildman–Crippen MR) is 141 cm³/mol. The second-order valence-corrected chi connectivity index (χ2v) is 13.3. The third-order valence-electron chi connectivity index (χ3n) is 8.52. The molecule has 0 bridgehead atoms. The molecule has 2 aromatic rings. The maximum atomic E-state index is 14.3. The number of ether oxygens (including phenoxy) is 1. The minimum absolute atomic E-state index is 0.0373. The van der Waals surface area contributed by atoms with Crippen molar-refractivity contribution in [3.63, 3.8) is 0 Å². The molecule has 39 heavy (non-hydrogen) atoms. The lowest BCUT2D eigenvalue weighted by molar-refractivity contribution is 0.110. The van der Waals surface area contributed by atoms with Crippen molar-refractivity contribution < 1.29 is 26.3 Å². The maximum absolute atomic E-state index is 14.3. The highest BCUT2D eigenvalue weighted by molar-refractivity contribution is 7.89. The van der Waals surface area contributed by atoms with Crippen molar-refractivity contribution in [2.24, 2.45) is 11.7 Å². The van der Waals surface area contributed by atoms with Gasteiger partial charge in [0.25, 0.3) is 0 Å². The number of hydrogen-bond donors (Lipinski definition) is 1. The van der Waals surface area contributed by atoms with Gasteiger partial charge in [0.05, 0.1) is 23.7 Å². The molecule has 3 fully saturated rings. The van der Waals surface area contributed by atoms with Crippen LogP contribution in [0.2, 0.25) is 0 Å². The molecule has 0 spiro atoms. The van der Waals surface area contributed by atoms with E-state index in [4.69, 9.17) is 10.5 Å². The number of nitrogens with two attached hydrogens (primary N) is 1. The Balaban J connectivity index is 1.15. The minimum Gasteiger partial charge on any atom is -0.487 e. The van der Waals surface area contributed by atoms with Gasteiger partial charge in [-0.3, -0.25) is 0 Å². The molecule has 1 saturated carbocycles. The number of sulfonamides is 1. The first-order valence-corrected chi connectivity index (χ1v) is 15.3. The van der Waals surface area contributed by atoms with Gasteiger partial charge in [-0.05, 0) is 50.2 Å². The Morgan fingerprint density at radius 3 is 2.26 bits per heavy atom. The van der Waals surface area contributed by atoms with Crippen LogP contribution in [-0.2, 0) is 10.0 Å². The van der Waals surface area contributed by atoms with E-state index in [1.54, 1.807) is 21.6 Å². The lowest BCUT2D eigenvalue weighted by Gasteiger charge is -2.36. The Morgan fingerprint density at radius 2 is 1.59 bits per heavy atom. The standard InChI is InChI=1S/C27H36F3N5O3S/c1-17(18-7-9-35(10-8-18)39(36,37)20-5-3-2-4-6-20)38-19-13-32-27(33-14-19)34-15-22(26(31)16-34)21-11-24(29)25(30)12-23(21)28/h11-14,17-18,20,22,26H,2-10,15-16,31H2,1H3/t17-,22+,26-/m0/s1. The summed E-state index contributed by atoms with van der Waals surface area (Å²) < 4.78 is 75.2. The highest BCUT2D eigenvalue weighted by Gasteiger charge is 2.37. The first kappa shape index (κ1) is 28.1. The summed E-state index contributed by atoms with van der Waals surface area (Å²) in [7, 11) is -3.24. The Hall–Kier alpha value is -2.44. The van der Waals surface area contributed by atoms with E-state index in [0.717, 1.165) is 51.0 Å². The molecule has 1 aliphatic carbocycles. The molecule has 1 aromatic heterocycles. The van der Waals surface area contributed by atoms with Gasteiger partial charge in [0.1, 0.15) is 5.82 Å². The van der Waals surface area contributed by atoms with E-state index in [0.29, 0.717) is 37.4 Å². The van der Waals surface area contributed by atoms with Crippen LogP contribution in [0.5, 0.6) is 5.75 Å². The average molecular weight is 568 g/mol. The van der Waals surface area contributed by atoms with E-state index < -0.39 is 39.4 Å². The van der Waals surface area contributed by atoms with Crippen LogP contribution in [0, 0.1) is 23.4 Å². The SMILES string of the molecule is C[C@H](Oc1cnc(N2C[C@H](c3cc(F)c(F)cc3F)[C@@H](N)C2)nc1)C1CCN(S(=O)(=O)C2CCCCC2)CC1. The molecule has 2 aliphatic heterocycles. The number of benzene rings is 1. The van der Waals surface area contributed by atoms with Crippen molar-refractivity contribution in [1.82, 2.24) is 14.3 Å². The summed E-state index contributed by atoms with van der Waals surface area (Å²) in [6, 6.07) is 0.911. The zero-order valence-corrected chi connectivity index (χ0v) is 22.9. The molecule has 8 nitrogen and oxygen atoms in total. The van der Waals surface area contributed by atoms with E-state index in [1.807, 2.05) is 6.92 Å². The fourth-order valence-electron chi connectivity index (χ4n) is 6.16. The second-order valence-electron chi connectivity index (χ2n) is 11.0. The molecule has 1 aromatic carbocycles. The summed E-state index contributed by atoms with van der Waals surface area (Å²) in [6.45, 7) is 3.61. The maximum Gasteiger partial charge on any atom is 0.225 e. The van der Waals surface area contributed by atoms with E-state index >= 15 is 0 Å². The fraction of sp³-hybridized carbons (Fsp3) is 0.630. The van der Waals surface area contributed by atoms with Crippen molar-refractivity contribution in [2.75, 3.05) is 31.1 Å². The van der Waals surface area contributed by atoms with Gasteiger partial charge in [0.15, 0.2) is 17.4 Å². The average Bonchev–Trinajstić information content (AvgIpc) is 3.32. The van der Waals surface area contributed by atoms with E-state index in [9.17, 15) is 21.6 Å². The Labute approximate surface area is 227 Å². The molecule has 5 rings (SSSR count). The van der Waals surface area contributed by atoms with Crippen LogP contribution in [0.1, 0.15) is 63.4 Å². The zero-order chi connectivity index (χ0) is 27.7. The van der Waals surface area contributed by atoms with Gasteiger partial charge in [-0.15, -0.1) is 0 Å². The first-order valence-electron chi connectivity index (χ1n) is 13.8. The first-order chi connectivity index (χ1) is 18.6. The predicted octanol–water partition coefficient (Wildman–Crippen LogP) is 3.97. The number of rotatable bonds is 7. The Bertz CT molecular complexity index is 1250. The summed E-state index contributed by atoms with van der Waals surface area (Å²) in [6.07, 6.45) is 9.11. The van der Waals surface area contributed by atoms with Crippen molar-refractivity contribution >= 4 is 16.0 Å². The van der Waals surface area contributed by atoms with Gasteiger partial charge in [-0.2, -0.15) is 0 Å². The van der Waals surface area contributed by atoms with Gasteiger partial charge in [-0.25, -0.2) is 35.9 Å². The molecule has 3 heterocycles. The number of nitrogens with zero attached hydrogens (tertiary/aromatic N) is 4. The molecule has 12 heteroatoms. The van der Waals surface area contributed by atoms with Crippen molar-refractivity contribution in [2.45, 2.75) is 75.2 Å². The summed E-state index contributed by atoms with van der Waals surface area (Å²) in [5.41, 5.74) is 6.24. The van der Waals surface area contributed by atoms with Crippen LogP contribution in [-0.4, -0.2) is 66.3 Å². The molecule has 3 aliphatic rings. The largest absolute Gasteiger partial charge is 0.487 e. The smallest absolute Gasteiger partial charge is 0.225 e.